The van der Waals surface area contributed by atoms with Crippen LogP contribution in [0.15, 0.2) is 29.3 Å². The van der Waals surface area contributed by atoms with Gasteiger partial charge in [0.05, 0.1) is 6.54 Å². The van der Waals surface area contributed by atoms with Gasteiger partial charge >= 0.3 is 0 Å². The van der Waals surface area contributed by atoms with Gasteiger partial charge in [-0.15, -0.1) is 24.0 Å². The largest absolute Gasteiger partial charge is 0.488 e. The van der Waals surface area contributed by atoms with E-state index in [1.165, 1.54) is 5.56 Å². The Morgan fingerprint density at radius 1 is 1.23 bits per heavy atom. The van der Waals surface area contributed by atoms with Crippen LogP contribution in [0.2, 0.25) is 0 Å². The number of benzene rings is 1. The SMILES string of the molecule is CN=C(NCC1Cc2ccccc2O1)NCC(C)N1CCN(C)CC1.I. The zero-order valence-electron chi connectivity index (χ0n) is 16.1. The third-order valence-electron chi connectivity index (χ3n) is 5.16. The Morgan fingerprint density at radius 3 is 2.65 bits per heavy atom. The number of piperazine rings is 1. The minimum Gasteiger partial charge on any atom is -0.488 e. The number of ether oxygens (including phenoxy) is 1. The van der Waals surface area contributed by atoms with Crippen LogP contribution < -0.4 is 15.4 Å². The van der Waals surface area contributed by atoms with E-state index < -0.39 is 0 Å². The van der Waals surface area contributed by atoms with E-state index in [0.29, 0.717) is 6.04 Å². The van der Waals surface area contributed by atoms with Crippen LogP contribution in [0.1, 0.15) is 12.5 Å². The zero-order valence-corrected chi connectivity index (χ0v) is 18.4. The molecule has 0 aromatic heterocycles. The summed E-state index contributed by atoms with van der Waals surface area (Å²) in [7, 11) is 4.01. The summed E-state index contributed by atoms with van der Waals surface area (Å²) < 4.78 is 5.97. The Bertz CT molecular complexity index is 564. The average Bonchev–Trinajstić information content (AvgIpc) is 3.05. The van der Waals surface area contributed by atoms with E-state index >= 15 is 0 Å². The van der Waals surface area contributed by atoms with E-state index in [1.807, 2.05) is 19.2 Å². The molecule has 7 heteroatoms. The number of hydrogen-bond donors (Lipinski definition) is 2. The summed E-state index contributed by atoms with van der Waals surface area (Å²) in [5, 5.41) is 6.85. The van der Waals surface area contributed by atoms with Crippen molar-refractivity contribution in [2.75, 3.05) is 53.4 Å². The second-order valence-electron chi connectivity index (χ2n) is 7.07. The van der Waals surface area contributed by atoms with Gasteiger partial charge < -0.3 is 20.3 Å². The van der Waals surface area contributed by atoms with Gasteiger partial charge in [-0.2, -0.15) is 0 Å². The van der Waals surface area contributed by atoms with Crippen molar-refractivity contribution in [3.8, 4) is 5.75 Å². The minimum atomic E-state index is 0. The van der Waals surface area contributed by atoms with Crippen LogP contribution in [0.5, 0.6) is 5.75 Å². The molecule has 2 unspecified atom stereocenters. The molecule has 0 saturated carbocycles. The third-order valence-corrected chi connectivity index (χ3v) is 5.16. The standard InChI is InChI=1S/C19H31N5O.HI/c1-15(24-10-8-23(3)9-11-24)13-21-19(20-2)22-14-17-12-16-6-4-5-7-18(16)25-17;/h4-7,15,17H,8-14H2,1-3H3,(H2,20,21,22);1H. The Hall–Kier alpha value is -1.06. The lowest BCUT2D eigenvalue weighted by Crippen LogP contribution is -2.52. The lowest BCUT2D eigenvalue weighted by atomic mass is 10.1. The number of hydrogen-bond acceptors (Lipinski definition) is 4. The maximum Gasteiger partial charge on any atom is 0.191 e. The normalized spacial score (nSPS) is 22.1. The summed E-state index contributed by atoms with van der Waals surface area (Å²) >= 11 is 0. The van der Waals surface area contributed by atoms with Crippen molar-refractivity contribution in [1.29, 1.82) is 0 Å². The Labute approximate surface area is 174 Å². The molecule has 6 nitrogen and oxygen atoms in total. The molecule has 0 amide bonds. The first-order chi connectivity index (χ1) is 12.2. The van der Waals surface area contributed by atoms with Crippen LogP contribution >= 0.6 is 24.0 Å². The Balaban J connectivity index is 0.00000243. The van der Waals surface area contributed by atoms with E-state index in [1.54, 1.807) is 0 Å². The molecule has 2 heterocycles. The number of nitrogens with one attached hydrogen (secondary N) is 2. The van der Waals surface area contributed by atoms with Gasteiger partial charge in [-0.25, -0.2) is 0 Å². The second kappa shape index (κ2) is 10.3. The fraction of sp³-hybridized carbons (Fsp3) is 0.632. The molecule has 0 radical (unpaired) electrons. The van der Waals surface area contributed by atoms with Crippen LogP contribution in [0.3, 0.4) is 0 Å². The molecule has 3 rings (SSSR count). The van der Waals surface area contributed by atoms with E-state index in [9.17, 15) is 0 Å². The average molecular weight is 473 g/mol. The highest BCUT2D eigenvalue weighted by Crippen LogP contribution is 2.27. The number of aliphatic imine (C=N–C) groups is 1. The molecule has 2 aliphatic heterocycles. The molecule has 0 spiro atoms. The number of halogens is 1. The van der Waals surface area contributed by atoms with Gasteiger partial charge in [-0.1, -0.05) is 18.2 Å². The van der Waals surface area contributed by atoms with E-state index in [2.05, 4.69) is 51.5 Å². The predicted octanol–water partition coefficient (Wildman–Crippen LogP) is 1.41. The summed E-state index contributed by atoms with van der Waals surface area (Å²) in [5.74, 6) is 1.86. The first kappa shape index (κ1) is 21.2. The van der Waals surface area contributed by atoms with Crippen LogP contribution in [0.25, 0.3) is 0 Å². The molecule has 2 aliphatic rings. The van der Waals surface area contributed by atoms with Gasteiger partial charge in [0.15, 0.2) is 5.96 Å². The van der Waals surface area contributed by atoms with Gasteiger partial charge in [0.1, 0.15) is 11.9 Å². The lowest BCUT2D eigenvalue weighted by molar-refractivity contribution is 0.120. The Kier molecular flexibility index (Phi) is 8.43. The molecule has 1 aromatic rings. The van der Waals surface area contributed by atoms with Crippen molar-refractivity contribution in [2.45, 2.75) is 25.5 Å². The van der Waals surface area contributed by atoms with E-state index in [0.717, 1.165) is 57.4 Å². The molecule has 2 N–H and O–H groups in total. The highest BCUT2D eigenvalue weighted by Gasteiger charge is 2.23. The highest BCUT2D eigenvalue weighted by atomic mass is 127. The van der Waals surface area contributed by atoms with E-state index in [-0.39, 0.29) is 30.1 Å². The van der Waals surface area contributed by atoms with Crippen molar-refractivity contribution in [2.24, 2.45) is 4.99 Å². The van der Waals surface area contributed by atoms with Crippen molar-refractivity contribution in [3.63, 3.8) is 0 Å². The lowest BCUT2D eigenvalue weighted by Gasteiger charge is -2.36. The fourth-order valence-corrected chi connectivity index (χ4v) is 3.44. The highest BCUT2D eigenvalue weighted by molar-refractivity contribution is 14.0. The first-order valence-electron chi connectivity index (χ1n) is 9.27. The molecule has 146 valence electrons. The molecule has 26 heavy (non-hydrogen) atoms. The van der Waals surface area contributed by atoms with Gasteiger partial charge in [0, 0.05) is 52.2 Å². The molecule has 1 saturated heterocycles. The molecular formula is C19H32IN5O. The van der Waals surface area contributed by atoms with E-state index in [4.69, 9.17) is 4.74 Å². The summed E-state index contributed by atoms with van der Waals surface area (Å²) in [6.45, 7) is 8.52. The molecule has 0 bridgehead atoms. The van der Waals surface area contributed by atoms with Gasteiger partial charge in [-0.05, 0) is 25.6 Å². The van der Waals surface area contributed by atoms with Crippen LogP contribution in [-0.2, 0) is 6.42 Å². The summed E-state index contributed by atoms with van der Waals surface area (Å²) in [5.41, 5.74) is 1.29. The maximum atomic E-state index is 5.97. The number of nitrogens with zero attached hydrogens (tertiary/aromatic N) is 3. The topological polar surface area (TPSA) is 52.1 Å². The smallest absolute Gasteiger partial charge is 0.191 e. The molecular weight excluding hydrogens is 441 g/mol. The van der Waals surface area contributed by atoms with Crippen LogP contribution in [0, 0.1) is 0 Å². The third kappa shape index (κ3) is 5.72. The van der Waals surface area contributed by atoms with Crippen LogP contribution in [-0.4, -0.2) is 81.3 Å². The van der Waals surface area contributed by atoms with Gasteiger partial charge in [0.2, 0.25) is 0 Å². The van der Waals surface area contributed by atoms with Crippen LogP contribution in [0.4, 0.5) is 0 Å². The van der Waals surface area contributed by atoms with Crippen molar-refractivity contribution >= 4 is 29.9 Å². The second-order valence-corrected chi connectivity index (χ2v) is 7.07. The molecule has 0 aliphatic carbocycles. The van der Waals surface area contributed by atoms with Crippen molar-refractivity contribution in [1.82, 2.24) is 20.4 Å². The first-order valence-corrected chi connectivity index (χ1v) is 9.27. The van der Waals surface area contributed by atoms with Crippen molar-refractivity contribution in [3.05, 3.63) is 29.8 Å². The Morgan fingerprint density at radius 2 is 1.96 bits per heavy atom. The zero-order chi connectivity index (χ0) is 17.6. The molecule has 2 atom stereocenters. The number of guanidine groups is 1. The number of likely N-dealkylation sites (N-methyl/N-ethyl adjacent to an activating group) is 1. The minimum absolute atomic E-state index is 0. The molecule has 1 aromatic carbocycles. The van der Waals surface area contributed by atoms with Gasteiger partial charge in [0.25, 0.3) is 0 Å². The monoisotopic (exact) mass is 473 g/mol. The van der Waals surface area contributed by atoms with Crippen molar-refractivity contribution < 1.29 is 4.74 Å². The number of fused-ring (bicyclic) bond motifs is 1. The predicted molar refractivity (Wildman–Crippen MR) is 118 cm³/mol. The quantitative estimate of drug-likeness (QED) is 0.385. The fourth-order valence-electron chi connectivity index (χ4n) is 3.44. The summed E-state index contributed by atoms with van der Waals surface area (Å²) in [4.78, 5) is 9.26. The van der Waals surface area contributed by atoms with Gasteiger partial charge in [-0.3, -0.25) is 9.89 Å². The summed E-state index contributed by atoms with van der Waals surface area (Å²) in [6, 6.07) is 8.77. The number of para-hydroxylation sites is 1. The maximum absolute atomic E-state index is 5.97. The summed E-state index contributed by atoms with van der Waals surface area (Å²) in [6.07, 6.45) is 1.13. The molecule has 1 fully saturated rings. The number of rotatable bonds is 5.